The van der Waals surface area contributed by atoms with Crippen LogP contribution in [0.1, 0.15) is 15.9 Å². The van der Waals surface area contributed by atoms with E-state index in [2.05, 4.69) is 5.32 Å². The molecule has 0 unspecified atom stereocenters. The van der Waals surface area contributed by atoms with Crippen LogP contribution in [0.4, 0.5) is 5.69 Å². The first-order valence-corrected chi connectivity index (χ1v) is 8.20. The molecule has 124 valence electrons. The van der Waals surface area contributed by atoms with E-state index in [1.165, 1.54) is 0 Å². The molecule has 0 heterocycles. The van der Waals surface area contributed by atoms with Crippen molar-refractivity contribution in [3.05, 3.63) is 65.7 Å². The van der Waals surface area contributed by atoms with Crippen LogP contribution in [-0.4, -0.2) is 37.2 Å². The van der Waals surface area contributed by atoms with Crippen LogP contribution in [0.5, 0.6) is 0 Å². The molecule has 0 fully saturated rings. The van der Waals surface area contributed by atoms with E-state index < -0.39 is 0 Å². The fourth-order valence-corrected chi connectivity index (χ4v) is 3.47. The Bertz CT molecular complexity index is 1020. The second kappa shape index (κ2) is 5.83. The van der Waals surface area contributed by atoms with Crippen LogP contribution in [-0.2, 0) is 4.79 Å². The average Bonchev–Trinajstić information content (AvgIpc) is 2.60. The van der Waals surface area contributed by atoms with E-state index in [1.807, 2.05) is 73.6 Å². The normalized spacial score (nSPS) is 12.4. The summed E-state index contributed by atoms with van der Waals surface area (Å²) in [7, 11) is 3.71. The minimum atomic E-state index is -0.0757. The quantitative estimate of drug-likeness (QED) is 0.625. The monoisotopic (exact) mass is 330 g/mol. The third kappa shape index (κ3) is 2.51. The molecule has 4 nitrogen and oxygen atoms in total. The molecule has 4 rings (SSSR count). The van der Waals surface area contributed by atoms with Gasteiger partial charge in [-0.05, 0) is 31.3 Å². The predicted molar refractivity (Wildman–Crippen MR) is 100 cm³/mol. The molecule has 0 aromatic heterocycles. The van der Waals surface area contributed by atoms with Gasteiger partial charge >= 0.3 is 0 Å². The number of hydrogen-bond acceptors (Lipinski definition) is 3. The highest BCUT2D eigenvalue weighted by Gasteiger charge is 2.25. The van der Waals surface area contributed by atoms with Gasteiger partial charge in [-0.15, -0.1) is 0 Å². The van der Waals surface area contributed by atoms with Crippen molar-refractivity contribution in [2.24, 2.45) is 0 Å². The Balaban J connectivity index is 1.91. The molecule has 3 aromatic rings. The van der Waals surface area contributed by atoms with E-state index in [9.17, 15) is 9.59 Å². The summed E-state index contributed by atoms with van der Waals surface area (Å²) in [6.07, 6.45) is 0. The van der Waals surface area contributed by atoms with Gasteiger partial charge in [-0.2, -0.15) is 0 Å². The van der Waals surface area contributed by atoms with Crippen LogP contribution in [0, 0.1) is 0 Å². The van der Waals surface area contributed by atoms with E-state index in [0.717, 1.165) is 33.2 Å². The first-order chi connectivity index (χ1) is 12.1. The number of nitrogens with one attached hydrogen (secondary N) is 1. The summed E-state index contributed by atoms with van der Waals surface area (Å²) >= 11 is 0. The average molecular weight is 330 g/mol. The first kappa shape index (κ1) is 15.5. The number of fused-ring (bicyclic) bond motifs is 2. The van der Waals surface area contributed by atoms with Gasteiger partial charge in [0.2, 0.25) is 5.91 Å². The lowest BCUT2D eigenvalue weighted by Crippen LogP contribution is -2.27. The lowest BCUT2D eigenvalue weighted by molar-refractivity contribution is -0.116. The zero-order valence-corrected chi connectivity index (χ0v) is 14.2. The fraction of sp³-hybridized carbons (Fsp3) is 0.143. The summed E-state index contributed by atoms with van der Waals surface area (Å²) in [6.45, 7) is 0.310. The van der Waals surface area contributed by atoms with Crippen LogP contribution in [0.3, 0.4) is 0 Å². The molecule has 0 saturated carbocycles. The Morgan fingerprint density at radius 1 is 0.880 bits per heavy atom. The van der Waals surface area contributed by atoms with Crippen molar-refractivity contribution in [2.45, 2.75) is 0 Å². The summed E-state index contributed by atoms with van der Waals surface area (Å²) in [5, 5.41) is 4.77. The molecular weight excluding hydrogens is 312 g/mol. The summed E-state index contributed by atoms with van der Waals surface area (Å²) in [4.78, 5) is 26.9. The van der Waals surface area contributed by atoms with E-state index in [-0.39, 0.29) is 11.7 Å². The Hall–Kier alpha value is -2.98. The smallest absolute Gasteiger partial charge is 0.238 e. The second-order valence-corrected chi connectivity index (χ2v) is 6.55. The number of likely N-dealkylation sites (N-methyl/N-ethyl adjacent to an activating group) is 1. The number of hydrogen-bond donors (Lipinski definition) is 1. The fourth-order valence-electron chi connectivity index (χ4n) is 3.47. The lowest BCUT2D eigenvalue weighted by atomic mass is 9.82. The van der Waals surface area contributed by atoms with Crippen molar-refractivity contribution in [3.8, 4) is 11.1 Å². The number of nitrogens with zero attached hydrogens (tertiary/aromatic N) is 1. The van der Waals surface area contributed by atoms with Gasteiger partial charge in [0, 0.05) is 27.6 Å². The molecule has 3 aromatic carbocycles. The molecule has 1 N–H and O–H groups in total. The number of amides is 1. The maximum Gasteiger partial charge on any atom is 0.238 e. The van der Waals surface area contributed by atoms with Gasteiger partial charge in [-0.3, -0.25) is 9.59 Å². The van der Waals surface area contributed by atoms with E-state index >= 15 is 0 Å². The maximum absolute atomic E-state index is 12.9. The third-order valence-corrected chi connectivity index (χ3v) is 4.48. The van der Waals surface area contributed by atoms with Crippen molar-refractivity contribution in [2.75, 3.05) is 26.0 Å². The van der Waals surface area contributed by atoms with Gasteiger partial charge in [0.1, 0.15) is 0 Å². The Kier molecular flexibility index (Phi) is 3.62. The van der Waals surface area contributed by atoms with Gasteiger partial charge in [0.05, 0.1) is 6.54 Å². The predicted octanol–water partition coefficient (Wildman–Crippen LogP) is 3.55. The molecule has 1 amide bonds. The Morgan fingerprint density at radius 2 is 1.60 bits per heavy atom. The van der Waals surface area contributed by atoms with Crippen molar-refractivity contribution in [1.82, 2.24) is 4.90 Å². The van der Waals surface area contributed by atoms with Gasteiger partial charge in [0.15, 0.2) is 5.78 Å². The molecule has 25 heavy (non-hydrogen) atoms. The zero-order valence-electron chi connectivity index (χ0n) is 14.2. The molecule has 4 heteroatoms. The molecule has 0 bridgehead atoms. The molecule has 0 spiro atoms. The molecule has 0 radical (unpaired) electrons. The number of anilines is 1. The van der Waals surface area contributed by atoms with Gasteiger partial charge in [-0.25, -0.2) is 0 Å². The van der Waals surface area contributed by atoms with Gasteiger partial charge in [0.25, 0.3) is 0 Å². The number of rotatable bonds is 3. The van der Waals surface area contributed by atoms with Crippen molar-refractivity contribution >= 4 is 28.2 Å². The number of benzene rings is 3. The summed E-state index contributed by atoms with van der Waals surface area (Å²) in [5.74, 6) is -0.0429. The minimum absolute atomic E-state index is 0.0328. The van der Waals surface area contributed by atoms with Crippen LogP contribution in [0.2, 0.25) is 0 Å². The number of carbonyl (C=O) groups is 2. The van der Waals surface area contributed by atoms with Crippen LogP contribution in [0.25, 0.3) is 21.9 Å². The first-order valence-electron chi connectivity index (χ1n) is 8.20. The SMILES string of the molecule is CN(C)CC(=O)Nc1ccc2c3c(cccc13)C(=O)c1ccccc1-2. The van der Waals surface area contributed by atoms with E-state index in [4.69, 9.17) is 0 Å². The Morgan fingerprint density at radius 3 is 2.36 bits per heavy atom. The summed E-state index contributed by atoms with van der Waals surface area (Å²) in [6, 6.07) is 17.3. The molecule has 0 aliphatic heterocycles. The summed E-state index contributed by atoms with van der Waals surface area (Å²) in [5.41, 5.74) is 4.13. The number of ketones is 1. The highest BCUT2D eigenvalue weighted by atomic mass is 16.2. The zero-order chi connectivity index (χ0) is 17.6. The third-order valence-electron chi connectivity index (χ3n) is 4.48. The molecule has 0 saturated heterocycles. The van der Waals surface area contributed by atoms with E-state index in [1.54, 1.807) is 0 Å². The van der Waals surface area contributed by atoms with Crippen molar-refractivity contribution in [1.29, 1.82) is 0 Å². The topological polar surface area (TPSA) is 49.4 Å². The van der Waals surface area contributed by atoms with Crippen LogP contribution in [0.15, 0.2) is 54.6 Å². The maximum atomic E-state index is 12.9. The Labute approximate surface area is 146 Å². The lowest BCUT2D eigenvalue weighted by Gasteiger charge is -2.21. The van der Waals surface area contributed by atoms with Crippen LogP contribution >= 0.6 is 0 Å². The molecular formula is C21H18N2O2. The highest BCUT2D eigenvalue weighted by Crippen LogP contribution is 2.41. The van der Waals surface area contributed by atoms with Gasteiger partial charge in [-0.1, -0.05) is 48.5 Å². The molecule has 1 aliphatic rings. The molecule has 0 atom stereocenters. The highest BCUT2D eigenvalue weighted by molar-refractivity contribution is 6.27. The minimum Gasteiger partial charge on any atom is -0.324 e. The van der Waals surface area contributed by atoms with Crippen molar-refractivity contribution in [3.63, 3.8) is 0 Å². The van der Waals surface area contributed by atoms with E-state index in [0.29, 0.717) is 12.1 Å². The van der Waals surface area contributed by atoms with Crippen LogP contribution < -0.4 is 5.32 Å². The second-order valence-electron chi connectivity index (χ2n) is 6.55. The molecule has 1 aliphatic carbocycles. The summed E-state index contributed by atoms with van der Waals surface area (Å²) < 4.78 is 0. The van der Waals surface area contributed by atoms with Crippen molar-refractivity contribution < 1.29 is 9.59 Å². The standard InChI is InChI=1S/C21H18N2O2/c1-23(2)12-19(24)22-18-11-10-14-13-6-3-4-7-15(13)21(25)17-9-5-8-16(18)20(14)17/h3-11H,12H2,1-2H3,(H,22,24). The van der Waals surface area contributed by atoms with Gasteiger partial charge < -0.3 is 10.2 Å². The largest absolute Gasteiger partial charge is 0.324 e. The number of carbonyl (C=O) groups excluding carboxylic acids is 2.